The minimum absolute atomic E-state index is 0.0859. The van der Waals surface area contributed by atoms with Crippen molar-refractivity contribution in [2.75, 3.05) is 50.9 Å². The predicted molar refractivity (Wildman–Crippen MR) is 186 cm³/mol. The first kappa shape index (κ1) is 32.9. The summed E-state index contributed by atoms with van der Waals surface area (Å²) >= 11 is 0. The van der Waals surface area contributed by atoms with Gasteiger partial charge in [-0.1, -0.05) is 62.7 Å². The van der Waals surface area contributed by atoms with Crippen LogP contribution in [0.25, 0.3) is 5.69 Å². The molecule has 46 heavy (non-hydrogen) atoms. The highest BCUT2D eigenvalue weighted by molar-refractivity contribution is 6.00. The van der Waals surface area contributed by atoms with Crippen molar-refractivity contribution in [2.24, 2.45) is 0 Å². The summed E-state index contributed by atoms with van der Waals surface area (Å²) < 4.78 is 1.79. The highest BCUT2D eigenvalue weighted by atomic mass is 16.2. The molecule has 0 saturated carbocycles. The topological polar surface area (TPSA) is 85.7 Å². The number of hydrogen-bond acceptors (Lipinski definition) is 5. The van der Waals surface area contributed by atoms with Gasteiger partial charge in [-0.15, -0.1) is 0 Å². The quantitative estimate of drug-likeness (QED) is 0.236. The van der Waals surface area contributed by atoms with Crippen LogP contribution in [0.2, 0.25) is 0 Å². The summed E-state index contributed by atoms with van der Waals surface area (Å²) in [5.41, 5.74) is 7.62. The number of amides is 3. The molecule has 0 aliphatic carbocycles. The Morgan fingerprint density at radius 1 is 0.870 bits per heavy atom. The molecule has 0 radical (unpaired) electrons. The van der Waals surface area contributed by atoms with Crippen molar-refractivity contribution < 1.29 is 9.59 Å². The second-order valence-corrected chi connectivity index (χ2v) is 13.6. The Morgan fingerprint density at radius 3 is 2.17 bits per heavy atom. The number of aromatic nitrogens is 2. The summed E-state index contributed by atoms with van der Waals surface area (Å²) in [5.74, 6) is 0.694. The van der Waals surface area contributed by atoms with Gasteiger partial charge in [-0.25, -0.2) is 9.48 Å². The normalized spacial score (nSPS) is 14.0. The maximum absolute atomic E-state index is 13.3. The molecule has 0 bridgehead atoms. The number of piperazine rings is 1. The summed E-state index contributed by atoms with van der Waals surface area (Å²) in [4.78, 5) is 32.9. The van der Waals surface area contributed by atoms with Crippen LogP contribution in [-0.2, 0) is 18.5 Å². The highest BCUT2D eigenvalue weighted by Crippen LogP contribution is 2.27. The van der Waals surface area contributed by atoms with E-state index in [1.807, 2.05) is 99.6 Å². The van der Waals surface area contributed by atoms with Gasteiger partial charge >= 0.3 is 6.03 Å². The number of rotatable bonds is 8. The number of urea groups is 1. The number of aryl methyl sites for hydroxylation is 1. The molecule has 0 spiro atoms. The second-order valence-electron chi connectivity index (χ2n) is 13.6. The van der Waals surface area contributed by atoms with Crippen LogP contribution in [0.3, 0.4) is 0 Å². The maximum atomic E-state index is 13.3. The second kappa shape index (κ2) is 13.9. The molecule has 0 unspecified atom stereocenters. The number of carbonyl (C=O) groups is 2. The lowest BCUT2D eigenvalue weighted by molar-refractivity contribution is 0.0628. The Kier molecular flexibility index (Phi) is 9.94. The van der Waals surface area contributed by atoms with E-state index in [2.05, 4.69) is 47.3 Å². The standard InChI is InChI=1S/C37H47N7O2/c1-26-11-17-31(18-12-26)44-34(23-33(40-44)37(3,4)5)39-36(46)38-32-10-8-9-30(27(32)2)25-42-19-21-43(22-20-42)35(45)29-15-13-28(14-16-29)24-41(6)7/h8-18,23H,19-22,24-25H2,1-7H3,(H2,38,39,46). The van der Waals surface area contributed by atoms with Crippen LogP contribution in [0, 0.1) is 13.8 Å². The average Bonchev–Trinajstić information content (AvgIpc) is 3.44. The number of benzene rings is 3. The molecule has 3 amide bonds. The van der Waals surface area contributed by atoms with E-state index in [4.69, 9.17) is 5.10 Å². The monoisotopic (exact) mass is 621 g/mol. The molecule has 1 saturated heterocycles. The molecule has 9 heteroatoms. The lowest BCUT2D eigenvalue weighted by Gasteiger charge is -2.35. The Labute approximate surface area is 273 Å². The van der Waals surface area contributed by atoms with E-state index >= 15 is 0 Å². The first-order valence-corrected chi connectivity index (χ1v) is 16.0. The minimum Gasteiger partial charge on any atom is -0.336 e. The third-order valence-corrected chi connectivity index (χ3v) is 8.45. The van der Waals surface area contributed by atoms with E-state index < -0.39 is 0 Å². The van der Waals surface area contributed by atoms with Crippen molar-refractivity contribution in [2.45, 2.75) is 53.1 Å². The highest BCUT2D eigenvalue weighted by Gasteiger charge is 2.24. The van der Waals surface area contributed by atoms with Crippen molar-refractivity contribution in [1.29, 1.82) is 0 Å². The summed E-state index contributed by atoms with van der Waals surface area (Å²) in [6.07, 6.45) is 0. The fraction of sp³-hybridized carbons (Fsp3) is 0.378. The van der Waals surface area contributed by atoms with Crippen LogP contribution >= 0.6 is 0 Å². The average molecular weight is 622 g/mol. The Hall–Kier alpha value is -4.47. The molecule has 2 N–H and O–H groups in total. The Morgan fingerprint density at radius 2 is 1.54 bits per heavy atom. The molecular formula is C37H47N7O2. The van der Waals surface area contributed by atoms with Crippen LogP contribution in [0.4, 0.5) is 16.3 Å². The molecule has 1 fully saturated rings. The first-order chi connectivity index (χ1) is 21.9. The third-order valence-electron chi connectivity index (χ3n) is 8.45. The van der Waals surface area contributed by atoms with Gasteiger partial charge in [-0.3, -0.25) is 15.0 Å². The van der Waals surface area contributed by atoms with E-state index in [0.29, 0.717) is 18.9 Å². The smallest absolute Gasteiger partial charge is 0.324 e. The fourth-order valence-electron chi connectivity index (χ4n) is 5.63. The van der Waals surface area contributed by atoms with Crippen LogP contribution in [0.15, 0.2) is 72.8 Å². The van der Waals surface area contributed by atoms with E-state index in [-0.39, 0.29) is 17.4 Å². The zero-order valence-electron chi connectivity index (χ0n) is 28.2. The number of anilines is 2. The molecule has 2 heterocycles. The van der Waals surface area contributed by atoms with Crippen molar-refractivity contribution in [1.82, 2.24) is 24.5 Å². The summed E-state index contributed by atoms with van der Waals surface area (Å²) in [5, 5.41) is 10.9. The molecule has 9 nitrogen and oxygen atoms in total. The van der Waals surface area contributed by atoms with Crippen LogP contribution in [0.5, 0.6) is 0 Å². The van der Waals surface area contributed by atoms with Crippen LogP contribution in [0.1, 0.15) is 59.1 Å². The third kappa shape index (κ3) is 8.02. The largest absolute Gasteiger partial charge is 0.336 e. The minimum atomic E-state index is -0.323. The molecule has 0 atom stereocenters. The molecule has 242 valence electrons. The van der Waals surface area contributed by atoms with Gasteiger partial charge in [-0.2, -0.15) is 5.10 Å². The van der Waals surface area contributed by atoms with Gasteiger partial charge in [0, 0.05) is 62.0 Å². The van der Waals surface area contributed by atoms with Crippen molar-refractivity contribution in [3.05, 3.63) is 106 Å². The molecule has 3 aromatic carbocycles. The fourth-order valence-corrected chi connectivity index (χ4v) is 5.63. The molecular weight excluding hydrogens is 574 g/mol. The van der Waals surface area contributed by atoms with E-state index in [9.17, 15) is 9.59 Å². The van der Waals surface area contributed by atoms with E-state index in [1.165, 1.54) is 5.56 Å². The van der Waals surface area contributed by atoms with Crippen LogP contribution < -0.4 is 10.6 Å². The number of carbonyl (C=O) groups excluding carboxylic acids is 2. The molecule has 4 aromatic rings. The van der Waals surface area contributed by atoms with Gasteiger partial charge in [0.05, 0.1) is 11.4 Å². The van der Waals surface area contributed by atoms with Gasteiger partial charge in [-0.05, 0) is 75.0 Å². The number of hydrogen-bond donors (Lipinski definition) is 2. The summed E-state index contributed by atoms with van der Waals surface area (Å²) in [7, 11) is 4.08. The molecule has 1 aromatic heterocycles. The van der Waals surface area contributed by atoms with E-state index in [1.54, 1.807) is 4.68 Å². The van der Waals surface area contributed by atoms with E-state index in [0.717, 1.165) is 65.5 Å². The van der Waals surface area contributed by atoms with Crippen molar-refractivity contribution in [3.63, 3.8) is 0 Å². The maximum Gasteiger partial charge on any atom is 0.324 e. The van der Waals surface area contributed by atoms with Gasteiger partial charge in [0.15, 0.2) is 0 Å². The van der Waals surface area contributed by atoms with Crippen molar-refractivity contribution in [3.8, 4) is 5.69 Å². The molecule has 1 aliphatic rings. The predicted octanol–water partition coefficient (Wildman–Crippen LogP) is 6.45. The summed E-state index contributed by atoms with van der Waals surface area (Å²) in [6, 6.07) is 23.7. The lowest BCUT2D eigenvalue weighted by Crippen LogP contribution is -2.48. The zero-order chi connectivity index (χ0) is 33.0. The SMILES string of the molecule is Cc1ccc(-n2nc(C(C)(C)C)cc2NC(=O)Nc2cccc(CN3CCN(C(=O)c4ccc(CN(C)C)cc4)CC3)c2C)cc1. The number of nitrogens with zero attached hydrogens (tertiary/aromatic N) is 5. The summed E-state index contributed by atoms with van der Waals surface area (Å²) in [6.45, 7) is 15.0. The Bertz CT molecular complexity index is 1660. The zero-order valence-corrected chi connectivity index (χ0v) is 28.2. The van der Waals surface area contributed by atoms with Crippen LogP contribution in [-0.4, -0.2) is 76.7 Å². The first-order valence-electron chi connectivity index (χ1n) is 16.0. The van der Waals surface area contributed by atoms with Gasteiger partial charge < -0.3 is 15.1 Å². The van der Waals surface area contributed by atoms with Gasteiger partial charge in [0.1, 0.15) is 5.82 Å². The molecule has 5 rings (SSSR count). The Balaban J connectivity index is 1.20. The lowest BCUT2D eigenvalue weighted by atomic mass is 9.92. The van der Waals surface area contributed by atoms with Crippen molar-refractivity contribution >= 4 is 23.4 Å². The molecule has 1 aliphatic heterocycles. The van der Waals surface area contributed by atoms with Gasteiger partial charge in [0.2, 0.25) is 0 Å². The number of nitrogens with one attached hydrogen (secondary N) is 2. The van der Waals surface area contributed by atoms with Gasteiger partial charge in [0.25, 0.3) is 5.91 Å².